The zero-order valence-corrected chi connectivity index (χ0v) is 21.3. The van der Waals surface area contributed by atoms with Crippen LogP contribution in [0, 0.1) is 6.92 Å². The Labute approximate surface area is 212 Å². The minimum Gasteiger partial charge on any atom is -0.496 e. The molecule has 0 spiro atoms. The van der Waals surface area contributed by atoms with Crippen LogP contribution in [0.4, 0.5) is 5.69 Å². The molecule has 1 aliphatic heterocycles. The lowest BCUT2D eigenvalue weighted by Gasteiger charge is -2.27. The van der Waals surface area contributed by atoms with Gasteiger partial charge in [-0.1, -0.05) is 34.1 Å². The minimum atomic E-state index is -1.17. The van der Waals surface area contributed by atoms with Crippen LogP contribution in [0.25, 0.3) is 10.8 Å². The van der Waals surface area contributed by atoms with Crippen molar-refractivity contribution >= 4 is 44.2 Å². The number of rotatable bonds is 6. The van der Waals surface area contributed by atoms with Crippen LogP contribution in [0.3, 0.4) is 0 Å². The monoisotopic (exact) mass is 541 g/mol. The van der Waals surface area contributed by atoms with Crippen molar-refractivity contribution in [1.82, 2.24) is 5.32 Å². The maximum absolute atomic E-state index is 13.8. The van der Waals surface area contributed by atoms with Gasteiger partial charge in [0.1, 0.15) is 30.2 Å². The summed E-state index contributed by atoms with van der Waals surface area (Å²) in [5.41, 5.74) is 8.18. The highest BCUT2D eigenvalue weighted by Crippen LogP contribution is 2.37. The maximum atomic E-state index is 13.8. The first-order chi connectivity index (χ1) is 16.7. The van der Waals surface area contributed by atoms with Crippen LogP contribution >= 0.6 is 15.9 Å². The van der Waals surface area contributed by atoms with Crippen molar-refractivity contribution in [3.63, 3.8) is 0 Å². The molecule has 3 aromatic rings. The number of carbonyl (C=O) groups is 2. The van der Waals surface area contributed by atoms with E-state index in [1.807, 2.05) is 55.5 Å². The number of carbonyl (C=O) groups excluding carboxylic acids is 2. The van der Waals surface area contributed by atoms with Gasteiger partial charge in [-0.25, -0.2) is 0 Å². The van der Waals surface area contributed by atoms with E-state index in [1.54, 1.807) is 12.0 Å². The number of aryl methyl sites for hydroxylation is 1. The molecule has 0 saturated carbocycles. The SMILES string of the molecule is COc1ccc2cc(Br)ccc2c1CN1C(=O)[C@@H](NC(=O)[C@@H](N)[C@@H](C)O)COc2cc(C)ccc21. The van der Waals surface area contributed by atoms with E-state index < -0.39 is 24.1 Å². The number of halogens is 1. The van der Waals surface area contributed by atoms with Crippen LogP contribution in [-0.2, 0) is 16.1 Å². The lowest BCUT2D eigenvalue weighted by molar-refractivity contribution is -0.130. The summed E-state index contributed by atoms with van der Waals surface area (Å²) in [6, 6.07) is 13.2. The number of nitrogens with one attached hydrogen (secondary N) is 1. The summed E-state index contributed by atoms with van der Waals surface area (Å²) in [5.74, 6) is 0.201. The van der Waals surface area contributed by atoms with Crippen molar-refractivity contribution in [2.45, 2.75) is 38.6 Å². The number of fused-ring (bicyclic) bond motifs is 2. The van der Waals surface area contributed by atoms with E-state index in [-0.39, 0.29) is 19.1 Å². The molecule has 184 valence electrons. The first-order valence-corrected chi connectivity index (χ1v) is 12.0. The summed E-state index contributed by atoms with van der Waals surface area (Å²) in [5, 5.41) is 14.3. The van der Waals surface area contributed by atoms with Crippen LogP contribution in [0.2, 0.25) is 0 Å². The van der Waals surface area contributed by atoms with Crippen LogP contribution < -0.4 is 25.4 Å². The van der Waals surface area contributed by atoms with Gasteiger partial charge in [-0.3, -0.25) is 9.59 Å². The second-order valence-electron chi connectivity index (χ2n) is 8.65. The van der Waals surface area contributed by atoms with Crippen molar-refractivity contribution in [1.29, 1.82) is 0 Å². The van der Waals surface area contributed by atoms with E-state index in [1.165, 1.54) is 6.92 Å². The fraction of sp³-hybridized carbons (Fsp3) is 0.308. The van der Waals surface area contributed by atoms with Gasteiger partial charge in [0.2, 0.25) is 5.91 Å². The highest BCUT2D eigenvalue weighted by atomic mass is 79.9. The molecule has 9 heteroatoms. The predicted octanol–water partition coefficient (Wildman–Crippen LogP) is 3.04. The second kappa shape index (κ2) is 10.2. The quantitative estimate of drug-likeness (QED) is 0.442. The molecule has 0 unspecified atom stereocenters. The molecule has 0 aliphatic carbocycles. The van der Waals surface area contributed by atoms with Crippen molar-refractivity contribution in [3.8, 4) is 11.5 Å². The number of amides is 2. The smallest absolute Gasteiger partial charge is 0.253 e. The Morgan fingerprint density at radius 2 is 2.06 bits per heavy atom. The summed E-state index contributed by atoms with van der Waals surface area (Å²) in [6.07, 6.45) is -1.06. The second-order valence-corrected chi connectivity index (χ2v) is 9.56. The molecule has 0 radical (unpaired) electrons. The van der Waals surface area contributed by atoms with Crippen LogP contribution in [0.15, 0.2) is 53.0 Å². The predicted molar refractivity (Wildman–Crippen MR) is 138 cm³/mol. The highest BCUT2D eigenvalue weighted by Gasteiger charge is 2.35. The molecule has 0 saturated heterocycles. The molecule has 2 amide bonds. The van der Waals surface area contributed by atoms with E-state index in [2.05, 4.69) is 21.2 Å². The third-order valence-corrected chi connectivity index (χ3v) is 6.59. The number of aliphatic hydroxyl groups excluding tert-OH is 1. The first-order valence-electron chi connectivity index (χ1n) is 11.2. The Kier molecular flexibility index (Phi) is 7.30. The van der Waals surface area contributed by atoms with Gasteiger partial charge in [0.15, 0.2) is 0 Å². The lowest BCUT2D eigenvalue weighted by atomic mass is 10.0. The van der Waals surface area contributed by atoms with Gasteiger partial charge in [-0.05, 0) is 60.5 Å². The summed E-state index contributed by atoms with van der Waals surface area (Å²) in [7, 11) is 1.59. The topological polar surface area (TPSA) is 114 Å². The number of nitrogens with two attached hydrogens (primary N) is 1. The minimum absolute atomic E-state index is 0.0658. The lowest BCUT2D eigenvalue weighted by Crippen LogP contribution is -2.56. The number of aliphatic hydroxyl groups is 1. The van der Waals surface area contributed by atoms with Crippen molar-refractivity contribution in [3.05, 3.63) is 64.1 Å². The van der Waals surface area contributed by atoms with Crippen LogP contribution in [0.5, 0.6) is 11.5 Å². The van der Waals surface area contributed by atoms with Gasteiger partial charge in [-0.15, -0.1) is 0 Å². The third kappa shape index (κ3) is 5.12. The Morgan fingerprint density at radius 1 is 1.29 bits per heavy atom. The van der Waals surface area contributed by atoms with Gasteiger partial charge in [0, 0.05) is 10.0 Å². The number of nitrogens with zero attached hydrogens (tertiary/aromatic N) is 1. The normalized spacial score (nSPS) is 17.3. The zero-order valence-electron chi connectivity index (χ0n) is 19.7. The Bertz CT molecular complexity index is 1280. The number of ether oxygens (including phenoxy) is 2. The van der Waals surface area contributed by atoms with Gasteiger partial charge >= 0.3 is 0 Å². The molecule has 1 heterocycles. The van der Waals surface area contributed by atoms with Crippen LogP contribution in [-0.4, -0.2) is 48.8 Å². The number of hydrogen-bond acceptors (Lipinski definition) is 6. The molecule has 1 aliphatic rings. The summed E-state index contributed by atoms with van der Waals surface area (Å²) in [4.78, 5) is 28.0. The standard InChI is InChI=1S/C26H28BrN3O5/c1-14-4-8-21-23(10-14)35-13-20(29-25(32)24(28)15(2)31)26(33)30(21)12-19-18-7-6-17(27)11-16(18)5-9-22(19)34-3/h4-11,15,20,24,31H,12-13,28H2,1-3H3,(H,29,32)/t15-,20+,24+/m1/s1. The van der Waals surface area contributed by atoms with Gasteiger partial charge in [-0.2, -0.15) is 0 Å². The molecule has 35 heavy (non-hydrogen) atoms. The third-order valence-electron chi connectivity index (χ3n) is 6.10. The molecule has 4 N–H and O–H groups in total. The van der Waals surface area contributed by atoms with E-state index in [0.717, 1.165) is 26.4 Å². The first kappa shape index (κ1) is 25.0. The number of hydrogen-bond donors (Lipinski definition) is 3. The van der Waals surface area contributed by atoms with E-state index in [9.17, 15) is 14.7 Å². The largest absolute Gasteiger partial charge is 0.496 e. The molecule has 0 bridgehead atoms. The fourth-order valence-electron chi connectivity index (χ4n) is 4.12. The van der Waals surface area contributed by atoms with E-state index in [4.69, 9.17) is 15.2 Å². The Balaban J connectivity index is 1.78. The number of anilines is 1. The number of methoxy groups -OCH3 is 1. The average molecular weight is 542 g/mol. The Morgan fingerprint density at radius 3 is 2.77 bits per heavy atom. The molecule has 0 aromatic heterocycles. The van der Waals surface area contributed by atoms with Crippen LogP contribution in [0.1, 0.15) is 18.1 Å². The van der Waals surface area contributed by atoms with Gasteiger partial charge in [0.25, 0.3) is 5.91 Å². The number of benzene rings is 3. The van der Waals surface area contributed by atoms with Gasteiger partial charge in [0.05, 0.1) is 25.4 Å². The average Bonchev–Trinajstić information content (AvgIpc) is 2.95. The summed E-state index contributed by atoms with van der Waals surface area (Å²) < 4.78 is 12.6. The molecule has 4 rings (SSSR count). The van der Waals surface area contributed by atoms with Crippen molar-refractivity contribution in [2.75, 3.05) is 18.6 Å². The molecular formula is C26H28BrN3O5. The maximum Gasteiger partial charge on any atom is 0.253 e. The Hall–Kier alpha value is -3.14. The van der Waals surface area contributed by atoms with Crippen molar-refractivity contribution < 1.29 is 24.2 Å². The van der Waals surface area contributed by atoms with Gasteiger partial charge < -0.3 is 30.5 Å². The zero-order chi connectivity index (χ0) is 25.3. The summed E-state index contributed by atoms with van der Waals surface area (Å²) in [6.45, 7) is 3.48. The molecule has 3 aromatic carbocycles. The summed E-state index contributed by atoms with van der Waals surface area (Å²) >= 11 is 3.51. The molecule has 0 fully saturated rings. The molecular weight excluding hydrogens is 514 g/mol. The highest BCUT2D eigenvalue weighted by molar-refractivity contribution is 9.10. The fourth-order valence-corrected chi connectivity index (χ4v) is 4.50. The van der Waals surface area contributed by atoms with E-state index in [0.29, 0.717) is 17.2 Å². The van der Waals surface area contributed by atoms with Crippen molar-refractivity contribution in [2.24, 2.45) is 5.73 Å². The molecule has 3 atom stereocenters. The molecule has 8 nitrogen and oxygen atoms in total. The van der Waals surface area contributed by atoms with E-state index >= 15 is 0 Å².